The van der Waals surface area contributed by atoms with E-state index in [0.29, 0.717) is 11.5 Å². The van der Waals surface area contributed by atoms with Gasteiger partial charge < -0.3 is 5.32 Å². The molecular formula is C16H23N. The highest BCUT2D eigenvalue weighted by Crippen LogP contribution is 2.48. The number of para-hydroxylation sites is 1. The predicted molar refractivity (Wildman–Crippen MR) is 73.4 cm³/mol. The smallest absolute Gasteiger partial charge is 0.0380 e. The lowest BCUT2D eigenvalue weighted by molar-refractivity contribution is 0.174. The molecule has 1 aromatic carbocycles. The lowest BCUT2D eigenvalue weighted by Gasteiger charge is -2.49. The molecule has 1 aromatic rings. The van der Waals surface area contributed by atoms with Crippen LogP contribution >= 0.6 is 0 Å². The Kier molecular flexibility index (Phi) is 2.46. The largest absolute Gasteiger partial charge is 0.382 e. The summed E-state index contributed by atoms with van der Waals surface area (Å²) in [6, 6.07) is 9.55. The molecule has 1 heterocycles. The average molecular weight is 229 g/mol. The number of hydrogen-bond donors (Lipinski definition) is 1. The number of nitrogens with one attached hydrogen (secondary N) is 1. The van der Waals surface area contributed by atoms with Crippen LogP contribution in [0, 0.1) is 11.8 Å². The van der Waals surface area contributed by atoms with Crippen molar-refractivity contribution < 1.29 is 0 Å². The van der Waals surface area contributed by atoms with Gasteiger partial charge in [-0.25, -0.2) is 0 Å². The summed E-state index contributed by atoms with van der Waals surface area (Å²) in [5.41, 5.74) is 3.20. The third kappa shape index (κ3) is 1.67. The lowest BCUT2D eigenvalue weighted by atomic mass is 9.61. The van der Waals surface area contributed by atoms with Crippen LogP contribution in [0.3, 0.4) is 0 Å². The van der Waals surface area contributed by atoms with Crippen molar-refractivity contribution in [1.82, 2.24) is 0 Å². The summed E-state index contributed by atoms with van der Waals surface area (Å²) in [6.45, 7) is 7.26. The Morgan fingerprint density at radius 1 is 1.18 bits per heavy atom. The maximum Gasteiger partial charge on any atom is 0.0380 e. The van der Waals surface area contributed by atoms with Crippen molar-refractivity contribution >= 4 is 5.69 Å². The van der Waals surface area contributed by atoms with E-state index in [-0.39, 0.29) is 0 Å². The average Bonchev–Trinajstić information content (AvgIpc) is 2.28. The zero-order valence-corrected chi connectivity index (χ0v) is 11.2. The van der Waals surface area contributed by atoms with Gasteiger partial charge in [0, 0.05) is 11.7 Å². The topological polar surface area (TPSA) is 12.0 Å². The van der Waals surface area contributed by atoms with E-state index < -0.39 is 0 Å². The van der Waals surface area contributed by atoms with Crippen LogP contribution in [-0.4, -0.2) is 6.04 Å². The summed E-state index contributed by atoms with van der Waals surface area (Å²) in [6.07, 6.45) is 4.11. The predicted octanol–water partition coefficient (Wildman–Crippen LogP) is 4.19. The minimum absolute atomic E-state index is 0.326. The SMILES string of the molecule is CC1CC[C@@H]2[C@@H](C1)Nc1ccccc1C2(C)C. The molecule has 1 heteroatoms. The van der Waals surface area contributed by atoms with E-state index >= 15 is 0 Å². The Balaban J connectivity index is 2.03. The third-order valence-corrected chi connectivity index (χ3v) is 5.00. The van der Waals surface area contributed by atoms with E-state index in [0.717, 1.165) is 11.8 Å². The molecule has 1 N–H and O–H groups in total. The van der Waals surface area contributed by atoms with E-state index in [9.17, 15) is 0 Å². The van der Waals surface area contributed by atoms with Gasteiger partial charge in [0.25, 0.3) is 0 Å². The Labute approximate surface area is 105 Å². The first-order valence-electron chi connectivity index (χ1n) is 6.95. The van der Waals surface area contributed by atoms with Crippen LogP contribution in [0.1, 0.15) is 45.6 Å². The summed E-state index contributed by atoms with van der Waals surface area (Å²) >= 11 is 0. The summed E-state index contributed by atoms with van der Waals surface area (Å²) < 4.78 is 0. The van der Waals surface area contributed by atoms with E-state index in [2.05, 4.69) is 50.4 Å². The number of benzene rings is 1. The summed E-state index contributed by atoms with van der Waals surface area (Å²) in [4.78, 5) is 0. The Bertz CT molecular complexity index is 421. The van der Waals surface area contributed by atoms with Crippen molar-refractivity contribution in [3.63, 3.8) is 0 Å². The van der Waals surface area contributed by atoms with Crippen LogP contribution in [-0.2, 0) is 5.41 Å². The molecule has 0 amide bonds. The maximum absolute atomic E-state index is 3.78. The first kappa shape index (κ1) is 11.1. The second-order valence-corrected chi connectivity index (χ2v) is 6.54. The third-order valence-electron chi connectivity index (χ3n) is 5.00. The standard InChI is InChI=1S/C16H23N/c1-11-8-9-13-15(10-11)17-14-7-5-4-6-12(14)16(13,2)3/h4-7,11,13,15,17H,8-10H2,1-3H3/t11?,13-,15-/m1/s1. The lowest BCUT2D eigenvalue weighted by Crippen LogP contribution is -2.48. The molecule has 0 saturated heterocycles. The summed E-state index contributed by atoms with van der Waals surface area (Å²) in [5, 5.41) is 3.78. The molecule has 1 saturated carbocycles. The van der Waals surface area contributed by atoms with E-state index in [1.165, 1.54) is 30.5 Å². The van der Waals surface area contributed by atoms with Gasteiger partial charge in [-0.3, -0.25) is 0 Å². The first-order valence-corrected chi connectivity index (χ1v) is 6.95. The number of rotatable bonds is 0. The normalized spacial score (nSPS) is 34.4. The van der Waals surface area contributed by atoms with Crippen LogP contribution in [0.15, 0.2) is 24.3 Å². The molecule has 2 aliphatic rings. The summed E-state index contributed by atoms with van der Waals surface area (Å²) in [5.74, 6) is 1.68. The molecule has 0 aromatic heterocycles. The molecule has 1 unspecified atom stereocenters. The van der Waals surface area contributed by atoms with Crippen molar-refractivity contribution in [1.29, 1.82) is 0 Å². The number of anilines is 1. The second kappa shape index (κ2) is 3.76. The molecule has 3 rings (SSSR count). The minimum atomic E-state index is 0.326. The second-order valence-electron chi connectivity index (χ2n) is 6.54. The fourth-order valence-corrected chi connectivity index (χ4v) is 3.97. The van der Waals surface area contributed by atoms with Crippen LogP contribution in [0.25, 0.3) is 0 Å². The summed E-state index contributed by atoms with van der Waals surface area (Å²) in [7, 11) is 0. The van der Waals surface area contributed by atoms with Crippen molar-refractivity contribution in [2.75, 3.05) is 5.32 Å². The van der Waals surface area contributed by atoms with Gasteiger partial charge in [0.05, 0.1) is 0 Å². The quantitative estimate of drug-likeness (QED) is 0.703. The van der Waals surface area contributed by atoms with Crippen LogP contribution < -0.4 is 5.32 Å². The van der Waals surface area contributed by atoms with Crippen molar-refractivity contribution in [3.8, 4) is 0 Å². The van der Waals surface area contributed by atoms with Gasteiger partial charge in [0.1, 0.15) is 0 Å². The monoisotopic (exact) mass is 229 g/mol. The fraction of sp³-hybridized carbons (Fsp3) is 0.625. The zero-order chi connectivity index (χ0) is 12.0. The van der Waals surface area contributed by atoms with Gasteiger partial charge in [-0.2, -0.15) is 0 Å². The highest BCUT2D eigenvalue weighted by atomic mass is 15.0. The van der Waals surface area contributed by atoms with Crippen molar-refractivity contribution in [3.05, 3.63) is 29.8 Å². The fourth-order valence-electron chi connectivity index (χ4n) is 3.97. The van der Waals surface area contributed by atoms with Gasteiger partial charge in [0.2, 0.25) is 0 Å². The van der Waals surface area contributed by atoms with E-state index in [1.54, 1.807) is 0 Å². The molecule has 0 radical (unpaired) electrons. The first-order chi connectivity index (χ1) is 8.09. The Hall–Kier alpha value is -0.980. The minimum Gasteiger partial charge on any atom is -0.382 e. The molecule has 0 spiro atoms. The molecule has 0 bridgehead atoms. The zero-order valence-electron chi connectivity index (χ0n) is 11.2. The molecule has 1 aliphatic carbocycles. The van der Waals surface area contributed by atoms with Gasteiger partial charge in [-0.15, -0.1) is 0 Å². The van der Waals surface area contributed by atoms with Crippen LogP contribution in [0.2, 0.25) is 0 Å². The molecule has 1 nitrogen and oxygen atoms in total. The molecule has 1 aliphatic heterocycles. The van der Waals surface area contributed by atoms with Gasteiger partial charge in [0.15, 0.2) is 0 Å². The van der Waals surface area contributed by atoms with Crippen molar-refractivity contribution in [2.24, 2.45) is 11.8 Å². The highest BCUT2D eigenvalue weighted by Gasteiger charge is 2.44. The Morgan fingerprint density at radius 3 is 2.76 bits per heavy atom. The van der Waals surface area contributed by atoms with Crippen LogP contribution in [0.5, 0.6) is 0 Å². The number of hydrogen-bond acceptors (Lipinski definition) is 1. The number of fused-ring (bicyclic) bond motifs is 2. The maximum atomic E-state index is 3.78. The van der Waals surface area contributed by atoms with Gasteiger partial charge >= 0.3 is 0 Å². The van der Waals surface area contributed by atoms with E-state index in [4.69, 9.17) is 0 Å². The van der Waals surface area contributed by atoms with Gasteiger partial charge in [-0.1, -0.05) is 45.4 Å². The van der Waals surface area contributed by atoms with Crippen molar-refractivity contribution in [2.45, 2.75) is 51.5 Å². The molecule has 17 heavy (non-hydrogen) atoms. The van der Waals surface area contributed by atoms with Crippen LogP contribution in [0.4, 0.5) is 5.69 Å². The molecule has 92 valence electrons. The molecule has 3 atom stereocenters. The highest BCUT2D eigenvalue weighted by molar-refractivity contribution is 5.58. The molecule has 1 fully saturated rings. The Morgan fingerprint density at radius 2 is 1.94 bits per heavy atom. The van der Waals surface area contributed by atoms with E-state index in [1.807, 2.05) is 0 Å². The molecular weight excluding hydrogens is 206 g/mol. The van der Waals surface area contributed by atoms with Gasteiger partial charge in [-0.05, 0) is 41.7 Å².